The smallest absolute Gasteiger partial charge is 0.296 e. The Morgan fingerprint density at radius 2 is 1.82 bits per heavy atom. The molecular formula is C13H20N2O2. The van der Waals surface area contributed by atoms with Crippen LogP contribution in [0.15, 0.2) is 18.3 Å². The van der Waals surface area contributed by atoms with Gasteiger partial charge < -0.3 is 9.47 Å². The zero-order valence-corrected chi connectivity index (χ0v) is 10.8. The van der Waals surface area contributed by atoms with Gasteiger partial charge in [0.2, 0.25) is 0 Å². The van der Waals surface area contributed by atoms with Crippen LogP contribution in [0.4, 0.5) is 0 Å². The highest BCUT2D eigenvalue weighted by molar-refractivity contribution is 6.42. The number of nitrogens with zero attached hydrogens (tertiary/aromatic N) is 2. The van der Waals surface area contributed by atoms with Crippen LogP contribution in [-0.2, 0) is 11.8 Å². The monoisotopic (exact) mass is 236 g/mol. The van der Waals surface area contributed by atoms with Crippen LogP contribution in [0.25, 0.3) is 0 Å². The maximum atomic E-state index is 12.0. The van der Waals surface area contributed by atoms with Crippen molar-refractivity contribution in [3.63, 3.8) is 0 Å². The van der Waals surface area contributed by atoms with E-state index >= 15 is 0 Å². The zero-order valence-electron chi connectivity index (χ0n) is 10.8. The van der Waals surface area contributed by atoms with Gasteiger partial charge in [0.05, 0.1) is 5.69 Å². The van der Waals surface area contributed by atoms with Crippen molar-refractivity contribution < 1.29 is 9.59 Å². The van der Waals surface area contributed by atoms with Crippen LogP contribution >= 0.6 is 0 Å². The Morgan fingerprint density at radius 3 is 2.24 bits per heavy atom. The van der Waals surface area contributed by atoms with Crippen molar-refractivity contribution in [3.8, 4) is 0 Å². The van der Waals surface area contributed by atoms with Gasteiger partial charge in [-0.2, -0.15) is 0 Å². The van der Waals surface area contributed by atoms with E-state index in [-0.39, 0.29) is 0 Å². The molecule has 0 aliphatic heterocycles. The maximum absolute atomic E-state index is 12.0. The molecule has 1 amide bonds. The number of ketones is 1. The Labute approximate surface area is 102 Å². The summed E-state index contributed by atoms with van der Waals surface area (Å²) in [5.74, 6) is -0.810. The minimum Gasteiger partial charge on any atom is -0.348 e. The van der Waals surface area contributed by atoms with E-state index in [1.54, 1.807) is 34.8 Å². The van der Waals surface area contributed by atoms with E-state index < -0.39 is 11.7 Å². The topological polar surface area (TPSA) is 42.3 Å². The number of Topliss-reactive ketones (excluding diaryl/α,β-unsaturated/α-hetero) is 1. The molecule has 1 aromatic rings. The van der Waals surface area contributed by atoms with Crippen molar-refractivity contribution in [3.05, 3.63) is 24.0 Å². The second-order valence-electron chi connectivity index (χ2n) is 4.13. The first kappa shape index (κ1) is 13.5. The molecule has 4 nitrogen and oxygen atoms in total. The summed E-state index contributed by atoms with van der Waals surface area (Å²) in [5.41, 5.74) is 0.451. The predicted molar refractivity (Wildman–Crippen MR) is 66.9 cm³/mol. The molecule has 0 saturated heterocycles. The van der Waals surface area contributed by atoms with Crippen molar-refractivity contribution in [2.45, 2.75) is 26.7 Å². The molecule has 4 heteroatoms. The zero-order chi connectivity index (χ0) is 12.8. The first-order valence-electron chi connectivity index (χ1n) is 6.06. The van der Waals surface area contributed by atoms with E-state index in [4.69, 9.17) is 0 Å². The number of carbonyl (C=O) groups is 2. The second kappa shape index (κ2) is 6.23. The number of aromatic nitrogens is 1. The molecule has 94 valence electrons. The van der Waals surface area contributed by atoms with E-state index in [0.717, 1.165) is 12.8 Å². The first-order chi connectivity index (χ1) is 8.11. The van der Waals surface area contributed by atoms with Gasteiger partial charge in [-0.15, -0.1) is 0 Å². The summed E-state index contributed by atoms with van der Waals surface area (Å²) in [6, 6.07) is 3.45. The van der Waals surface area contributed by atoms with E-state index in [1.807, 2.05) is 13.8 Å². The molecule has 0 radical (unpaired) electrons. The van der Waals surface area contributed by atoms with E-state index in [1.165, 1.54) is 0 Å². The number of rotatable bonds is 6. The molecule has 0 spiro atoms. The highest BCUT2D eigenvalue weighted by Gasteiger charge is 2.23. The lowest BCUT2D eigenvalue weighted by atomic mass is 10.2. The summed E-state index contributed by atoms with van der Waals surface area (Å²) in [6.45, 7) is 5.29. The maximum Gasteiger partial charge on any atom is 0.296 e. The summed E-state index contributed by atoms with van der Waals surface area (Å²) in [6.07, 6.45) is 3.50. The third-order valence-electron chi connectivity index (χ3n) is 2.64. The summed E-state index contributed by atoms with van der Waals surface area (Å²) >= 11 is 0. The Morgan fingerprint density at radius 1 is 1.24 bits per heavy atom. The molecule has 1 rings (SSSR count). The van der Waals surface area contributed by atoms with Crippen molar-refractivity contribution in [1.29, 1.82) is 0 Å². The minimum absolute atomic E-state index is 0.393. The molecule has 1 heterocycles. The Bertz CT molecular complexity index is 390. The van der Waals surface area contributed by atoms with Crippen LogP contribution in [0.5, 0.6) is 0 Å². The second-order valence-corrected chi connectivity index (χ2v) is 4.13. The lowest BCUT2D eigenvalue weighted by molar-refractivity contribution is -0.126. The molecule has 0 saturated carbocycles. The molecule has 17 heavy (non-hydrogen) atoms. The van der Waals surface area contributed by atoms with Gasteiger partial charge >= 0.3 is 0 Å². The van der Waals surface area contributed by atoms with E-state index in [2.05, 4.69) is 0 Å². The van der Waals surface area contributed by atoms with Crippen LogP contribution in [0, 0.1) is 0 Å². The van der Waals surface area contributed by atoms with Crippen LogP contribution in [0.2, 0.25) is 0 Å². The summed E-state index contributed by atoms with van der Waals surface area (Å²) in [4.78, 5) is 25.7. The molecule has 0 bridgehead atoms. The normalized spacial score (nSPS) is 10.3. The van der Waals surface area contributed by atoms with Crippen LogP contribution in [-0.4, -0.2) is 34.2 Å². The third-order valence-corrected chi connectivity index (χ3v) is 2.64. The van der Waals surface area contributed by atoms with Gasteiger partial charge in [-0.25, -0.2) is 0 Å². The quantitative estimate of drug-likeness (QED) is 0.559. The van der Waals surface area contributed by atoms with Crippen LogP contribution < -0.4 is 0 Å². The number of carbonyl (C=O) groups excluding carboxylic acids is 2. The largest absolute Gasteiger partial charge is 0.348 e. The van der Waals surface area contributed by atoms with Gasteiger partial charge in [-0.05, 0) is 25.0 Å². The third kappa shape index (κ3) is 3.19. The molecule has 0 atom stereocenters. The molecule has 0 fully saturated rings. The molecular weight excluding hydrogens is 216 g/mol. The van der Waals surface area contributed by atoms with Gasteiger partial charge in [0.1, 0.15) is 0 Å². The summed E-state index contributed by atoms with van der Waals surface area (Å²) in [5, 5.41) is 0. The lowest BCUT2D eigenvalue weighted by Gasteiger charge is -2.20. The highest BCUT2D eigenvalue weighted by Crippen LogP contribution is 2.05. The molecule has 0 aliphatic rings. The van der Waals surface area contributed by atoms with E-state index in [0.29, 0.717) is 18.8 Å². The fourth-order valence-corrected chi connectivity index (χ4v) is 1.80. The van der Waals surface area contributed by atoms with Gasteiger partial charge in [0.25, 0.3) is 11.7 Å². The van der Waals surface area contributed by atoms with E-state index in [9.17, 15) is 9.59 Å². The Hall–Kier alpha value is -1.58. The Kier molecular flexibility index (Phi) is 4.94. The fourth-order valence-electron chi connectivity index (χ4n) is 1.80. The first-order valence-corrected chi connectivity index (χ1v) is 6.06. The fraction of sp³-hybridized carbons (Fsp3) is 0.538. The number of hydrogen-bond acceptors (Lipinski definition) is 2. The minimum atomic E-state index is -0.417. The predicted octanol–water partition coefficient (Wildman–Crippen LogP) is 1.86. The number of hydrogen-bond donors (Lipinski definition) is 0. The lowest BCUT2D eigenvalue weighted by Crippen LogP contribution is -2.38. The average Bonchev–Trinajstić information content (AvgIpc) is 2.73. The van der Waals surface area contributed by atoms with Crippen molar-refractivity contribution >= 4 is 11.7 Å². The van der Waals surface area contributed by atoms with Gasteiger partial charge in [-0.3, -0.25) is 9.59 Å². The van der Waals surface area contributed by atoms with Crippen LogP contribution in [0.3, 0.4) is 0 Å². The molecule has 0 unspecified atom stereocenters. The Balaban J connectivity index is 2.80. The molecule has 0 aromatic carbocycles. The van der Waals surface area contributed by atoms with Gasteiger partial charge in [-0.1, -0.05) is 13.8 Å². The van der Waals surface area contributed by atoms with Crippen molar-refractivity contribution in [2.24, 2.45) is 7.05 Å². The van der Waals surface area contributed by atoms with Crippen LogP contribution in [0.1, 0.15) is 37.2 Å². The van der Waals surface area contributed by atoms with Gasteiger partial charge in [0, 0.05) is 26.3 Å². The SMILES string of the molecule is CCCN(CCC)C(=O)C(=O)c1cccn1C. The molecule has 1 aromatic heterocycles. The van der Waals surface area contributed by atoms with Gasteiger partial charge in [0.15, 0.2) is 0 Å². The van der Waals surface area contributed by atoms with Crippen molar-refractivity contribution in [1.82, 2.24) is 9.47 Å². The summed E-state index contributed by atoms with van der Waals surface area (Å²) < 4.78 is 1.68. The molecule has 0 aliphatic carbocycles. The number of aryl methyl sites for hydroxylation is 1. The van der Waals surface area contributed by atoms with Crippen molar-refractivity contribution in [2.75, 3.05) is 13.1 Å². The standard InChI is InChI=1S/C13H20N2O2/c1-4-8-15(9-5-2)13(17)12(16)11-7-6-10-14(11)3/h6-7,10H,4-5,8-9H2,1-3H3. The highest BCUT2D eigenvalue weighted by atomic mass is 16.2. The number of amides is 1. The average molecular weight is 236 g/mol. The summed E-state index contributed by atoms with van der Waals surface area (Å²) in [7, 11) is 1.77. The molecule has 0 N–H and O–H groups in total.